The van der Waals surface area contributed by atoms with Crippen LogP contribution in [0.5, 0.6) is 5.75 Å². The molecule has 3 rings (SSSR count). The third-order valence-electron chi connectivity index (χ3n) is 4.34. The second-order valence-corrected chi connectivity index (χ2v) is 7.47. The molecule has 29 heavy (non-hydrogen) atoms. The molecular formula is C16H18NNaO10S. The molecule has 5 atom stereocenters. The van der Waals surface area contributed by atoms with E-state index in [0.717, 1.165) is 0 Å². The average molecular weight is 439 g/mol. The number of rotatable bonds is 5. The van der Waals surface area contributed by atoms with Gasteiger partial charge in [0.15, 0.2) is 10.3 Å². The van der Waals surface area contributed by atoms with E-state index in [4.69, 9.17) is 13.9 Å². The van der Waals surface area contributed by atoms with Crippen LogP contribution in [-0.4, -0.2) is 65.5 Å². The van der Waals surface area contributed by atoms with E-state index < -0.39 is 53.2 Å². The fourth-order valence-electron chi connectivity index (χ4n) is 2.99. The van der Waals surface area contributed by atoms with Gasteiger partial charge in [-0.05, 0) is 24.6 Å². The molecule has 1 aliphatic heterocycles. The summed E-state index contributed by atoms with van der Waals surface area (Å²) in [7, 11) is -5.03. The molecule has 1 aromatic heterocycles. The summed E-state index contributed by atoms with van der Waals surface area (Å²) in [6.45, 7) is 1.02. The van der Waals surface area contributed by atoms with E-state index in [0.29, 0.717) is 10.9 Å². The predicted molar refractivity (Wildman–Crippen MR) is 92.2 cm³/mol. The van der Waals surface area contributed by atoms with E-state index in [1.165, 1.54) is 18.2 Å². The first-order valence-corrected chi connectivity index (χ1v) is 9.56. The second kappa shape index (κ2) is 9.39. The molecule has 11 nitrogen and oxygen atoms in total. The number of hydrogen-bond donors (Lipinski definition) is 4. The molecule has 1 aromatic carbocycles. The van der Waals surface area contributed by atoms with E-state index in [1.807, 2.05) is 0 Å². The van der Waals surface area contributed by atoms with Crippen LogP contribution >= 0.6 is 0 Å². The van der Waals surface area contributed by atoms with Gasteiger partial charge in [-0.2, -0.15) is 0 Å². The summed E-state index contributed by atoms with van der Waals surface area (Å²) >= 11 is 0. The Morgan fingerprint density at radius 3 is 2.55 bits per heavy atom. The Bertz CT molecular complexity index is 1030. The van der Waals surface area contributed by atoms with Crippen LogP contribution in [0, 0.1) is 6.92 Å². The molecule has 0 bridgehead atoms. The van der Waals surface area contributed by atoms with E-state index in [9.17, 15) is 33.1 Å². The van der Waals surface area contributed by atoms with Crippen molar-refractivity contribution < 1.29 is 71.7 Å². The van der Waals surface area contributed by atoms with Crippen molar-refractivity contribution in [3.8, 4) is 5.75 Å². The molecule has 1 fully saturated rings. The molecule has 1 saturated heterocycles. The summed E-state index contributed by atoms with van der Waals surface area (Å²) in [4.78, 5) is 11.5. The summed E-state index contributed by atoms with van der Waals surface area (Å²) in [5.41, 5.74) is 0.285. The SMILES string of the molecule is Cc1cc(=O)oc2cc(O[C@@H]3OC(CO)[C@H](O)C(O)C3NS(=O)(=O)[O-])ccc12.[Na+]. The first-order valence-electron chi connectivity index (χ1n) is 8.16. The van der Waals surface area contributed by atoms with Crippen molar-refractivity contribution in [1.82, 2.24) is 4.72 Å². The maximum absolute atomic E-state index is 11.5. The zero-order chi connectivity index (χ0) is 20.6. The number of nitrogens with one attached hydrogen (secondary N) is 1. The Hall–Kier alpha value is -1.06. The number of benzene rings is 1. The minimum atomic E-state index is -5.03. The van der Waals surface area contributed by atoms with Crippen molar-refractivity contribution in [2.45, 2.75) is 37.6 Å². The standard InChI is InChI=1S/C16H19NO10S.Na/c1-7-4-12(19)26-10-5-8(2-3-9(7)10)25-16-13(17-28(22,23)24)15(21)14(20)11(6-18)27-16;/h2-5,11,13-18,20-21H,6H2,1H3,(H,22,23,24);/q;+1/p-1/t11?,13?,14-,15?,16+;/m0./s1. The quantitative estimate of drug-likeness (QED) is 0.201. The minimum Gasteiger partial charge on any atom is -0.735 e. The summed E-state index contributed by atoms with van der Waals surface area (Å²) in [5, 5.41) is 30.0. The van der Waals surface area contributed by atoms with Crippen molar-refractivity contribution in [1.29, 1.82) is 0 Å². The van der Waals surface area contributed by atoms with Crippen molar-refractivity contribution in [3.05, 3.63) is 40.2 Å². The van der Waals surface area contributed by atoms with Gasteiger partial charge in [-0.15, -0.1) is 0 Å². The Morgan fingerprint density at radius 2 is 1.93 bits per heavy atom. The van der Waals surface area contributed by atoms with Gasteiger partial charge in [0.1, 0.15) is 35.7 Å². The van der Waals surface area contributed by atoms with Crippen molar-refractivity contribution in [2.24, 2.45) is 0 Å². The first kappa shape index (κ1) is 24.2. The zero-order valence-corrected chi connectivity index (χ0v) is 18.3. The normalized spacial score (nSPS) is 27.4. The number of hydrogen-bond acceptors (Lipinski definition) is 10. The summed E-state index contributed by atoms with van der Waals surface area (Å²) in [5.74, 6) is 0.0710. The van der Waals surface area contributed by atoms with Crippen molar-refractivity contribution >= 4 is 21.3 Å². The minimum absolute atomic E-state index is 0. The van der Waals surface area contributed by atoms with E-state index >= 15 is 0 Å². The molecular weight excluding hydrogens is 421 g/mol. The maximum Gasteiger partial charge on any atom is 1.00 e. The fourth-order valence-corrected chi connectivity index (χ4v) is 3.57. The molecule has 2 heterocycles. The monoisotopic (exact) mass is 439 g/mol. The predicted octanol–water partition coefficient (Wildman–Crippen LogP) is -4.66. The molecule has 0 amide bonds. The van der Waals surface area contributed by atoms with Gasteiger partial charge in [0.05, 0.1) is 6.61 Å². The van der Waals surface area contributed by atoms with Crippen LogP contribution in [0.4, 0.5) is 0 Å². The molecule has 13 heteroatoms. The maximum atomic E-state index is 11.5. The topological polar surface area (TPSA) is 179 Å². The van der Waals surface area contributed by atoms with Crippen molar-refractivity contribution in [2.75, 3.05) is 6.61 Å². The molecule has 1 aliphatic rings. The van der Waals surface area contributed by atoms with Crippen LogP contribution < -0.4 is 44.6 Å². The Kier molecular flexibility index (Phi) is 7.84. The van der Waals surface area contributed by atoms with E-state index in [2.05, 4.69) is 0 Å². The van der Waals surface area contributed by atoms with Crippen LogP contribution in [0.3, 0.4) is 0 Å². The molecule has 3 unspecified atom stereocenters. The Labute approximate surface area is 187 Å². The summed E-state index contributed by atoms with van der Waals surface area (Å²) < 4.78 is 50.8. The van der Waals surface area contributed by atoms with Gasteiger partial charge in [0.2, 0.25) is 6.29 Å². The largest absolute Gasteiger partial charge is 1.00 e. The van der Waals surface area contributed by atoms with Crippen LogP contribution in [0.15, 0.2) is 33.5 Å². The Morgan fingerprint density at radius 1 is 1.24 bits per heavy atom. The molecule has 4 N–H and O–H groups in total. The Balaban J connectivity index is 0.00000300. The van der Waals surface area contributed by atoms with Gasteiger partial charge < -0.3 is 33.8 Å². The van der Waals surface area contributed by atoms with Gasteiger partial charge in [0.25, 0.3) is 0 Å². The number of aliphatic hydroxyl groups is 3. The number of aryl methyl sites for hydroxylation is 1. The third kappa shape index (κ3) is 5.55. The summed E-state index contributed by atoms with van der Waals surface area (Å²) in [6, 6.07) is 4.08. The molecule has 2 aromatic rings. The van der Waals surface area contributed by atoms with Gasteiger partial charge in [0, 0.05) is 17.5 Å². The number of ether oxygens (including phenoxy) is 2. The van der Waals surface area contributed by atoms with Crippen LogP contribution in [-0.2, 0) is 15.0 Å². The smallest absolute Gasteiger partial charge is 0.735 e. The van der Waals surface area contributed by atoms with Gasteiger partial charge in [-0.25, -0.2) is 17.9 Å². The molecule has 0 aliphatic carbocycles. The summed E-state index contributed by atoms with van der Waals surface area (Å²) in [6.07, 6.45) is -6.30. The molecule has 0 radical (unpaired) electrons. The first-order chi connectivity index (χ1) is 13.1. The zero-order valence-electron chi connectivity index (χ0n) is 15.5. The number of aliphatic hydroxyl groups excluding tert-OH is 3. The van der Waals surface area contributed by atoms with Crippen LogP contribution in [0.25, 0.3) is 11.0 Å². The van der Waals surface area contributed by atoms with Crippen LogP contribution in [0.1, 0.15) is 5.56 Å². The van der Waals surface area contributed by atoms with E-state index in [-0.39, 0.29) is 40.9 Å². The molecule has 0 saturated carbocycles. The van der Waals surface area contributed by atoms with Gasteiger partial charge in [-0.1, -0.05) is 0 Å². The fraction of sp³-hybridized carbons (Fsp3) is 0.438. The average Bonchev–Trinajstić information content (AvgIpc) is 2.59. The van der Waals surface area contributed by atoms with Crippen molar-refractivity contribution in [3.63, 3.8) is 0 Å². The molecule has 154 valence electrons. The van der Waals surface area contributed by atoms with Gasteiger partial charge >= 0.3 is 35.2 Å². The molecule has 0 spiro atoms. The number of fused-ring (bicyclic) bond motifs is 1. The van der Waals surface area contributed by atoms with Crippen LogP contribution in [0.2, 0.25) is 0 Å². The van der Waals surface area contributed by atoms with Gasteiger partial charge in [-0.3, -0.25) is 0 Å². The third-order valence-corrected chi connectivity index (χ3v) is 4.90. The van der Waals surface area contributed by atoms with E-state index in [1.54, 1.807) is 17.7 Å². The second-order valence-electron chi connectivity index (χ2n) is 6.33.